The molecule has 0 spiro atoms. The molecule has 37 heavy (non-hydrogen) atoms. The number of aromatic nitrogens is 3. The third-order valence-corrected chi connectivity index (χ3v) is 8.65. The van der Waals surface area contributed by atoms with Gasteiger partial charge in [0.25, 0.3) is 0 Å². The second-order valence-electron chi connectivity index (χ2n) is 10.1. The third kappa shape index (κ3) is 4.51. The molecule has 8 heteroatoms. The van der Waals surface area contributed by atoms with Crippen molar-refractivity contribution in [3.05, 3.63) is 87.7 Å². The molecule has 188 valence electrons. The molecule has 1 saturated carbocycles. The van der Waals surface area contributed by atoms with Crippen molar-refractivity contribution in [2.45, 2.75) is 57.0 Å². The van der Waals surface area contributed by atoms with Gasteiger partial charge in [0.2, 0.25) is 0 Å². The van der Waals surface area contributed by atoms with Crippen LogP contribution < -0.4 is 5.32 Å². The van der Waals surface area contributed by atoms with Crippen LogP contribution in [0, 0.1) is 6.92 Å². The molecule has 1 aromatic carbocycles. The zero-order valence-corrected chi connectivity index (χ0v) is 21.4. The minimum absolute atomic E-state index is 0.236. The van der Waals surface area contributed by atoms with Crippen molar-refractivity contribution >= 4 is 28.9 Å². The first kappa shape index (κ1) is 23.8. The molecule has 0 saturated heterocycles. The van der Waals surface area contributed by atoms with Crippen LogP contribution in [-0.2, 0) is 12.0 Å². The zero-order valence-electron chi connectivity index (χ0n) is 20.6. The molecule has 6 rings (SSSR count). The predicted molar refractivity (Wildman–Crippen MR) is 144 cm³/mol. The smallest absolute Gasteiger partial charge is 0.335 e. The van der Waals surface area contributed by atoms with Crippen molar-refractivity contribution in [2.75, 3.05) is 5.32 Å². The first-order chi connectivity index (χ1) is 17.9. The maximum absolute atomic E-state index is 11.7. The standard InChI is InChI=1S/C29H28N4O3S/c1-17-12-23(32-26(13-17)33-25-15-19(9-11-30-25)18-4-2-5-18)24-16-31-28(37-24)29(36)10-3-6-20-14-21(27(34)35)7-8-22(20)29/h7-9,11-16,18,36H,2-6,10H2,1H3,(H,34,35)(H,30,32,33)/t29-/m1/s1. The SMILES string of the molecule is Cc1cc(Nc2cc(C3CCC3)ccn2)nc(-c2cnc([C@@]3(O)CCCc4cc(C(=O)O)ccc43)s2)c1. The van der Waals surface area contributed by atoms with Gasteiger partial charge in [-0.2, -0.15) is 0 Å². The summed E-state index contributed by atoms with van der Waals surface area (Å²) < 4.78 is 0. The summed E-state index contributed by atoms with van der Waals surface area (Å²) in [4.78, 5) is 26.2. The third-order valence-electron chi connectivity index (χ3n) is 7.48. The Labute approximate surface area is 219 Å². The normalized spacial score (nSPS) is 19.2. The molecule has 1 fully saturated rings. The average molecular weight is 513 g/mol. The van der Waals surface area contributed by atoms with E-state index in [-0.39, 0.29) is 5.56 Å². The van der Waals surface area contributed by atoms with Gasteiger partial charge in [0, 0.05) is 12.4 Å². The van der Waals surface area contributed by atoms with Gasteiger partial charge in [0.1, 0.15) is 22.2 Å². The van der Waals surface area contributed by atoms with Gasteiger partial charge >= 0.3 is 5.97 Å². The monoisotopic (exact) mass is 512 g/mol. The van der Waals surface area contributed by atoms with Crippen molar-refractivity contribution in [3.63, 3.8) is 0 Å². The van der Waals surface area contributed by atoms with Gasteiger partial charge in [-0.3, -0.25) is 0 Å². The number of aromatic carboxylic acids is 1. The Morgan fingerprint density at radius 3 is 2.73 bits per heavy atom. The van der Waals surface area contributed by atoms with Crippen molar-refractivity contribution in [3.8, 4) is 10.6 Å². The van der Waals surface area contributed by atoms with E-state index in [0.717, 1.165) is 45.9 Å². The minimum atomic E-state index is -1.25. The van der Waals surface area contributed by atoms with E-state index in [9.17, 15) is 15.0 Å². The Morgan fingerprint density at radius 2 is 1.95 bits per heavy atom. The topological polar surface area (TPSA) is 108 Å². The minimum Gasteiger partial charge on any atom is -0.478 e. The molecule has 2 aliphatic rings. The van der Waals surface area contributed by atoms with E-state index in [1.807, 2.05) is 25.3 Å². The van der Waals surface area contributed by atoms with Crippen LogP contribution in [0.3, 0.4) is 0 Å². The molecule has 3 heterocycles. The lowest BCUT2D eigenvalue weighted by Gasteiger charge is -2.33. The van der Waals surface area contributed by atoms with Crippen molar-refractivity contribution in [1.82, 2.24) is 15.0 Å². The largest absolute Gasteiger partial charge is 0.478 e. The molecular formula is C29H28N4O3S. The number of hydrogen-bond acceptors (Lipinski definition) is 7. The average Bonchev–Trinajstić information content (AvgIpc) is 3.34. The molecular weight excluding hydrogens is 484 g/mol. The lowest BCUT2D eigenvalue weighted by atomic mass is 9.79. The number of anilines is 2. The number of nitrogens with zero attached hydrogens (tertiary/aromatic N) is 3. The summed E-state index contributed by atoms with van der Waals surface area (Å²) in [6.07, 6.45) is 9.41. The Kier molecular flexibility index (Phi) is 6.01. The quantitative estimate of drug-likeness (QED) is 0.283. The Morgan fingerprint density at radius 1 is 1.08 bits per heavy atom. The summed E-state index contributed by atoms with van der Waals surface area (Å²) in [5.41, 5.74) is 3.75. The summed E-state index contributed by atoms with van der Waals surface area (Å²) in [5, 5.41) is 25.1. The van der Waals surface area contributed by atoms with Crippen molar-refractivity contribution in [2.24, 2.45) is 0 Å². The highest BCUT2D eigenvalue weighted by Gasteiger charge is 2.39. The highest BCUT2D eigenvalue weighted by atomic mass is 32.1. The number of rotatable bonds is 6. The Hall–Kier alpha value is -3.62. The van der Waals surface area contributed by atoms with Gasteiger partial charge in [-0.25, -0.2) is 19.7 Å². The number of fused-ring (bicyclic) bond motifs is 1. The van der Waals surface area contributed by atoms with E-state index in [4.69, 9.17) is 4.98 Å². The molecule has 2 aliphatic carbocycles. The predicted octanol–water partition coefficient (Wildman–Crippen LogP) is 6.19. The van der Waals surface area contributed by atoms with E-state index < -0.39 is 11.6 Å². The number of hydrogen-bond donors (Lipinski definition) is 3. The highest BCUT2D eigenvalue weighted by molar-refractivity contribution is 7.15. The first-order valence-electron chi connectivity index (χ1n) is 12.7. The maximum Gasteiger partial charge on any atom is 0.335 e. The molecule has 0 bridgehead atoms. The molecule has 0 aliphatic heterocycles. The number of nitrogens with one attached hydrogen (secondary N) is 1. The van der Waals surface area contributed by atoms with Crippen LogP contribution in [-0.4, -0.2) is 31.1 Å². The molecule has 7 nitrogen and oxygen atoms in total. The summed E-state index contributed by atoms with van der Waals surface area (Å²) in [6, 6.07) is 13.2. The van der Waals surface area contributed by atoms with Crippen LogP contribution in [0.25, 0.3) is 10.6 Å². The van der Waals surface area contributed by atoms with Crippen LogP contribution in [0.4, 0.5) is 11.6 Å². The summed E-state index contributed by atoms with van der Waals surface area (Å²) in [6.45, 7) is 2.03. The molecule has 0 amide bonds. The summed E-state index contributed by atoms with van der Waals surface area (Å²) in [7, 11) is 0. The number of aliphatic hydroxyl groups is 1. The fourth-order valence-corrected chi connectivity index (χ4v) is 6.32. The van der Waals surface area contributed by atoms with Crippen LogP contribution in [0.2, 0.25) is 0 Å². The van der Waals surface area contributed by atoms with Gasteiger partial charge in [-0.15, -0.1) is 11.3 Å². The molecule has 0 unspecified atom stereocenters. The lowest BCUT2D eigenvalue weighted by molar-refractivity contribution is 0.0607. The summed E-state index contributed by atoms with van der Waals surface area (Å²) >= 11 is 1.42. The molecule has 4 aromatic rings. The van der Waals surface area contributed by atoms with E-state index in [1.165, 1.54) is 36.2 Å². The fraction of sp³-hybridized carbons (Fsp3) is 0.310. The van der Waals surface area contributed by atoms with E-state index in [2.05, 4.69) is 27.4 Å². The van der Waals surface area contributed by atoms with Crippen LogP contribution >= 0.6 is 11.3 Å². The lowest BCUT2D eigenvalue weighted by Crippen LogP contribution is -2.32. The highest BCUT2D eigenvalue weighted by Crippen LogP contribution is 2.44. The number of pyridine rings is 2. The van der Waals surface area contributed by atoms with Crippen LogP contribution in [0.1, 0.15) is 75.6 Å². The number of carboxylic acid groups (broad SMARTS) is 1. The van der Waals surface area contributed by atoms with Crippen LogP contribution in [0.15, 0.2) is 54.9 Å². The van der Waals surface area contributed by atoms with Crippen LogP contribution in [0.5, 0.6) is 0 Å². The van der Waals surface area contributed by atoms with Gasteiger partial charge in [0.05, 0.1) is 16.1 Å². The van der Waals surface area contributed by atoms with E-state index in [0.29, 0.717) is 23.2 Å². The number of carbonyl (C=O) groups is 1. The van der Waals surface area contributed by atoms with E-state index in [1.54, 1.807) is 24.4 Å². The van der Waals surface area contributed by atoms with Gasteiger partial charge < -0.3 is 15.5 Å². The number of aryl methyl sites for hydroxylation is 2. The first-order valence-corrected chi connectivity index (χ1v) is 13.5. The second kappa shape index (κ2) is 9.36. The molecule has 3 N–H and O–H groups in total. The van der Waals surface area contributed by atoms with E-state index >= 15 is 0 Å². The Balaban J connectivity index is 1.29. The van der Waals surface area contributed by atoms with Gasteiger partial charge in [-0.1, -0.05) is 12.5 Å². The fourth-order valence-electron chi connectivity index (χ4n) is 5.31. The van der Waals surface area contributed by atoms with Crippen molar-refractivity contribution in [1.29, 1.82) is 0 Å². The maximum atomic E-state index is 11.7. The number of thiazole rings is 1. The Bertz CT molecular complexity index is 1500. The molecule has 3 aromatic heterocycles. The molecule has 0 radical (unpaired) electrons. The number of benzene rings is 1. The molecule has 1 atom stereocenters. The van der Waals surface area contributed by atoms with Gasteiger partial charge in [-0.05, 0) is 104 Å². The summed E-state index contributed by atoms with van der Waals surface area (Å²) in [5.74, 6) is 1.17. The zero-order chi connectivity index (χ0) is 25.6. The number of carboxylic acids is 1. The van der Waals surface area contributed by atoms with Gasteiger partial charge in [0.15, 0.2) is 0 Å². The van der Waals surface area contributed by atoms with Crippen molar-refractivity contribution < 1.29 is 15.0 Å². The second-order valence-corrected chi connectivity index (χ2v) is 11.1.